The number of nitrogens with zero attached hydrogens (tertiary/aromatic N) is 1. The van der Waals surface area contributed by atoms with E-state index in [1.807, 2.05) is 63.2 Å². The molecule has 2 rings (SSSR count). The second-order valence-corrected chi connectivity index (χ2v) is 7.06. The summed E-state index contributed by atoms with van der Waals surface area (Å²) in [5.74, 6) is -0.395. The highest BCUT2D eigenvalue weighted by atomic mass is 16.6. The van der Waals surface area contributed by atoms with Crippen LogP contribution in [0.3, 0.4) is 0 Å². The van der Waals surface area contributed by atoms with Crippen LogP contribution in [0.15, 0.2) is 60.7 Å². The monoisotopic (exact) mass is 367 g/mol. The largest absolute Gasteiger partial charge is 0.457 e. The van der Waals surface area contributed by atoms with Crippen LogP contribution in [0.4, 0.5) is 10.5 Å². The normalized spacial score (nSPS) is 11.3. The van der Waals surface area contributed by atoms with Gasteiger partial charge in [-0.25, -0.2) is 9.59 Å². The molecular weight excluding hydrogens is 342 g/mol. The fourth-order valence-corrected chi connectivity index (χ4v) is 2.23. The Labute approximate surface area is 160 Å². The third-order valence-corrected chi connectivity index (χ3v) is 3.58. The summed E-state index contributed by atoms with van der Waals surface area (Å²) in [6.07, 6.45) is 2.62. The lowest BCUT2D eigenvalue weighted by Crippen LogP contribution is -2.26. The lowest BCUT2D eigenvalue weighted by atomic mass is 10.2. The Bertz CT molecular complexity index is 789. The predicted molar refractivity (Wildman–Crippen MR) is 106 cm³/mol. The van der Waals surface area contributed by atoms with Gasteiger partial charge in [-0.15, -0.1) is 0 Å². The Morgan fingerprint density at radius 1 is 1.00 bits per heavy atom. The smallest absolute Gasteiger partial charge is 0.414 e. The van der Waals surface area contributed by atoms with Crippen LogP contribution in [0.5, 0.6) is 0 Å². The third-order valence-electron chi connectivity index (χ3n) is 3.58. The molecule has 0 fully saturated rings. The molecule has 0 aliphatic carbocycles. The summed E-state index contributed by atoms with van der Waals surface area (Å²) >= 11 is 0. The number of esters is 1. The summed E-state index contributed by atoms with van der Waals surface area (Å²) in [6, 6.07) is 16.7. The van der Waals surface area contributed by atoms with Crippen molar-refractivity contribution in [1.82, 2.24) is 0 Å². The molecule has 5 nitrogen and oxygen atoms in total. The number of rotatable bonds is 5. The van der Waals surface area contributed by atoms with Gasteiger partial charge in [0, 0.05) is 18.8 Å². The number of benzene rings is 2. The summed E-state index contributed by atoms with van der Waals surface area (Å²) in [6.45, 7) is 5.68. The Hall–Kier alpha value is -3.08. The van der Waals surface area contributed by atoms with Crippen molar-refractivity contribution in [2.75, 3.05) is 11.9 Å². The molecule has 27 heavy (non-hydrogen) atoms. The fraction of sp³-hybridized carbons (Fsp3) is 0.273. The predicted octanol–water partition coefficient (Wildman–Crippen LogP) is 4.81. The average Bonchev–Trinajstić information content (AvgIpc) is 2.64. The van der Waals surface area contributed by atoms with Crippen molar-refractivity contribution < 1.29 is 19.1 Å². The van der Waals surface area contributed by atoms with Gasteiger partial charge in [-0.2, -0.15) is 0 Å². The van der Waals surface area contributed by atoms with Gasteiger partial charge in [0.1, 0.15) is 12.2 Å². The first-order valence-corrected chi connectivity index (χ1v) is 8.70. The van der Waals surface area contributed by atoms with Crippen LogP contribution in [-0.2, 0) is 20.9 Å². The summed E-state index contributed by atoms with van der Waals surface area (Å²) < 4.78 is 10.5. The first kappa shape index (κ1) is 20.2. The van der Waals surface area contributed by atoms with Gasteiger partial charge in [-0.05, 0) is 50.1 Å². The quantitative estimate of drug-likeness (QED) is 0.562. The van der Waals surface area contributed by atoms with E-state index in [9.17, 15) is 9.59 Å². The van der Waals surface area contributed by atoms with Crippen molar-refractivity contribution in [2.45, 2.75) is 33.0 Å². The van der Waals surface area contributed by atoms with Gasteiger partial charge < -0.3 is 9.47 Å². The van der Waals surface area contributed by atoms with E-state index in [-0.39, 0.29) is 6.61 Å². The van der Waals surface area contributed by atoms with E-state index in [0.29, 0.717) is 5.69 Å². The molecule has 0 aliphatic heterocycles. The zero-order valence-electron chi connectivity index (χ0n) is 16.1. The van der Waals surface area contributed by atoms with Crippen molar-refractivity contribution in [3.8, 4) is 0 Å². The molecule has 0 unspecified atom stereocenters. The summed E-state index contributed by atoms with van der Waals surface area (Å²) in [4.78, 5) is 25.3. The van der Waals surface area contributed by atoms with Crippen molar-refractivity contribution in [3.05, 3.63) is 71.8 Å². The number of amides is 1. The van der Waals surface area contributed by atoms with Crippen LogP contribution in [0.1, 0.15) is 31.9 Å². The van der Waals surface area contributed by atoms with Crippen LogP contribution >= 0.6 is 0 Å². The van der Waals surface area contributed by atoms with Gasteiger partial charge in [0.05, 0.1) is 0 Å². The minimum Gasteiger partial charge on any atom is -0.457 e. The van der Waals surface area contributed by atoms with Gasteiger partial charge in [-0.1, -0.05) is 42.5 Å². The maximum atomic E-state index is 12.2. The molecule has 0 saturated heterocycles. The first-order valence-electron chi connectivity index (χ1n) is 8.70. The molecule has 0 radical (unpaired) electrons. The number of hydrogen-bond acceptors (Lipinski definition) is 4. The Morgan fingerprint density at radius 2 is 1.63 bits per heavy atom. The highest BCUT2D eigenvalue weighted by molar-refractivity contribution is 5.88. The average molecular weight is 367 g/mol. The molecular formula is C22H25NO4. The maximum Gasteiger partial charge on any atom is 0.414 e. The number of carbonyl (C=O) groups excluding carboxylic acids is 2. The molecule has 5 heteroatoms. The molecule has 0 spiro atoms. The zero-order chi connectivity index (χ0) is 19.9. The van der Waals surface area contributed by atoms with Gasteiger partial charge >= 0.3 is 12.1 Å². The van der Waals surface area contributed by atoms with Gasteiger partial charge in [0.2, 0.25) is 0 Å². The summed E-state index contributed by atoms with van der Waals surface area (Å²) in [5, 5.41) is 0. The van der Waals surface area contributed by atoms with Gasteiger partial charge in [0.25, 0.3) is 0 Å². The summed E-state index contributed by atoms with van der Waals surface area (Å²) in [7, 11) is 1.65. The van der Waals surface area contributed by atoms with E-state index < -0.39 is 17.7 Å². The molecule has 0 aliphatic rings. The van der Waals surface area contributed by atoms with E-state index >= 15 is 0 Å². The molecule has 142 valence electrons. The standard InChI is InChI=1S/C22H25NO4/c1-22(2,3)27-20(24)15-12-17-10-13-19(14-11-17)23(4)21(25)26-16-18-8-6-5-7-9-18/h5-15H,16H2,1-4H3. The second-order valence-electron chi connectivity index (χ2n) is 7.06. The SMILES string of the molecule is CN(C(=O)OCc1ccccc1)c1ccc(C=CC(=O)OC(C)(C)C)cc1. The highest BCUT2D eigenvalue weighted by Crippen LogP contribution is 2.16. The topological polar surface area (TPSA) is 55.8 Å². The molecule has 0 heterocycles. The molecule has 0 aromatic heterocycles. The van der Waals surface area contributed by atoms with Crippen LogP contribution in [0.25, 0.3) is 6.08 Å². The zero-order valence-corrected chi connectivity index (χ0v) is 16.1. The minimum absolute atomic E-state index is 0.223. The van der Waals surface area contributed by atoms with Crippen LogP contribution in [0.2, 0.25) is 0 Å². The Kier molecular flexibility index (Phi) is 6.77. The lowest BCUT2D eigenvalue weighted by molar-refractivity contribution is -0.148. The Balaban J connectivity index is 1.91. The number of hydrogen-bond donors (Lipinski definition) is 0. The van der Waals surface area contributed by atoms with E-state index in [4.69, 9.17) is 9.47 Å². The van der Waals surface area contributed by atoms with E-state index in [1.165, 1.54) is 11.0 Å². The lowest BCUT2D eigenvalue weighted by Gasteiger charge is -2.18. The molecule has 0 saturated carbocycles. The fourth-order valence-electron chi connectivity index (χ4n) is 2.23. The molecule has 2 aromatic rings. The number of ether oxygens (including phenoxy) is 2. The van der Waals surface area contributed by atoms with Gasteiger partial charge in [-0.3, -0.25) is 4.90 Å². The van der Waals surface area contributed by atoms with E-state index in [0.717, 1.165) is 11.1 Å². The van der Waals surface area contributed by atoms with E-state index in [1.54, 1.807) is 25.3 Å². The van der Waals surface area contributed by atoms with Crippen molar-refractivity contribution in [2.24, 2.45) is 0 Å². The number of anilines is 1. The molecule has 2 aromatic carbocycles. The van der Waals surface area contributed by atoms with Crippen LogP contribution < -0.4 is 4.90 Å². The number of carbonyl (C=O) groups is 2. The minimum atomic E-state index is -0.520. The summed E-state index contributed by atoms with van der Waals surface area (Å²) in [5.41, 5.74) is 1.94. The first-order chi connectivity index (χ1) is 12.7. The van der Waals surface area contributed by atoms with Crippen molar-refractivity contribution in [3.63, 3.8) is 0 Å². The molecule has 0 N–H and O–H groups in total. The molecule has 0 atom stereocenters. The van der Waals surface area contributed by atoms with Gasteiger partial charge in [0.15, 0.2) is 0 Å². The Morgan fingerprint density at radius 3 is 2.22 bits per heavy atom. The molecule has 0 bridgehead atoms. The maximum absolute atomic E-state index is 12.2. The van der Waals surface area contributed by atoms with Crippen molar-refractivity contribution >= 4 is 23.8 Å². The highest BCUT2D eigenvalue weighted by Gasteiger charge is 2.14. The van der Waals surface area contributed by atoms with Crippen LogP contribution in [-0.4, -0.2) is 24.7 Å². The van der Waals surface area contributed by atoms with Crippen molar-refractivity contribution in [1.29, 1.82) is 0 Å². The molecule has 1 amide bonds. The van der Waals surface area contributed by atoms with Crippen LogP contribution in [0, 0.1) is 0 Å². The second kappa shape index (κ2) is 9.03. The third kappa shape index (κ3) is 6.98. The van der Waals surface area contributed by atoms with E-state index in [2.05, 4.69) is 0 Å².